The molecule has 1 aromatic carbocycles. The molecule has 19 heavy (non-hydrogen) atoms. The van der Waals surface area contributed by atoms with Crippen molar-refractivity contribution in [1.82, 2.24) is 10.2 Å². The molecule has 1 heterocycles. The van der Waals surface area contributed by atoms with E-state index in [0.717, 1.165) is 10.5 Å². The number of hydrogen-bond acceptors (Lipinski definition) is 3. The maximum atomic E-state index is 12.5. The topological polar surface area (TPSA) is 73.2 Å². The lowest BCUT2D eigenvalue weighted by molar-refractivity contribution is -0.131. The average Bonchev–Trinajstić information content (AvgIpc) is 2.70. The van der Waals surface area contributed by atoms with E-state index in [9.17, 15) is 9.59 Å². The first-order chi connectivity index (χ1) is 9.15. The predicted molar refractivity (Wildman–Crippen MR) is 68.9 cm³/mol. The minimum atomic E-state index is -0.992. The Morgan fingerprint density at radius 2 is 2.00 bits per heavy atom. The van der Waals surface area contributed by atoms with Crippen LogP contribution in [0.1, 0.15) is 25.3 Å². The Balaban J connectivity index is 2.36. The Bertz CT molecular complexity index is 535. The number of nitriles is 1. The number of urea groups is 1. The van der Waals surface area contributed by atoms with Crippen molar-refractivity contribution in [3.05, 3.63) is 35.9 Å². The van der Waals surface area contributed by atoms with Gasteiger partial charge in [0, 0.05) is 6.54 Å². The summed E-state index contributed by atoms with van der Waals surface area (Å²) in [6, 6.07) is 10.7. The number of carbonyl (C=O) groups is 2. The quantitative estimate of drug-likeness (QED) is 0.835. The second-order valence-electron chi connectivity index (χ2n) is 4.42. The van der Waals surface area contributed by atoms with Crippen molar-refractivity contribution in [2.75, 3.05) is 6.54 Å². The Morgan fingerprint density at radius 1 is 1.32 bits per heavy atom. The number of amides is 3. The van der Waals surface area contributed by atoms with Gasteiger partial charge in [-0.2, -0.15) is 5.26 Å². The Labute approximate surface area is 111 Å². The van der Waals surface area contributed by atoms with Crippen LogP contribution in [0.3, 0.4) is 0 Å². The van der Waals surface area contributed by atoms with Crippen molar-refractivity contribution in [3.8, 4) is 6.07 Å². The van der Waals surface area contributed by atoms with Crippen LogP contribution in [0, 0.1) is 11.3 Å². The van der Waals surface area contributed by atoms with Gasteiger partial charge in [-0.05, 0) is 12.0 Å². The first-order valence-corrected chi connectivity index (χ1v) is 6.22. The molecular weight excluding hydrogens is 242 g/mol. The Hall–Kier alpha value is -2.35. The van der Waals surface area contributed by atoms with Crippen molar-refractivity contribution in [2.24, 2.45) is 0 Å². The molecule has 1 saturated heterocycles. The van der Waals surface area contributed by atoms with Gasteiger partial charge in [-0.1, -0.05) is 37.3 Å². The summed E-state index contributed by atoms with van der Waals surface area (Å²) < 4.78 is 0. The molecule has 0 spiro atoms. The number of rotatable bonds is 4. The first-order valence-electron chi connectivity index (χ1n) is 6.22. The highest BCUT2D eigenvalue weighted by atomic mass is 16.2. The second-order valence-corrected chi connectivity index (χ2v) is 4.42. The molecule has 1 aliphatic rings. The SMILES string of the molecule is CC[C@@]1(c2ccccc2)NC(=O)N(CCC#N)C1=O. The van der Waals surface area contributed by atoms with Gasteiger partial charge in [0.15, 0.2) is 0 Å². The van der Waals surface area contributed by atoms with E-state index in [1.165, 1.54) is 0 Å². The molecule has 5 heteroatoms. The lowest BCUT2D eigenvalue weighted by Crippen LogP contribution is -2.43. The van der Waals surface area contributed by atoms with E-state index in [2.05, 4.69) is 5.32 Å². The monoisotopic (exact) mass is 257 g/mol. The van der Waals surface area contributed by atoms with Crippen LogP contribution in [0.2, 0.25) is 0 Å². The van der Waals surface area contributed by atoms with E-state index < -0.39 is 11.6 Å². The molecule has 5 nitrogen and oxygen atoms in total. The molecule has 0 bridgehead atoms. The van der Waals surface area contributed by atoms with Crippen molar-refractivity contribution >= 4 is 11.9 Å². The fourth-order valence-corrected chi connectivity index (χ4v) is 2.35. The van der Waals surface area contributed by atoms with Gasteiger partial charge in [-0.25, -0.2) is 4.79 Å². The van der Waals surface area contributed by atoms with Crippen LogP contribution in [0.4, 0.5) is 4.79 Å². The lowest BCUT2D eigenvalue weighted by Gasteiger charge is -2.25. The number of carbonyl (C=O) groups excluding carboxylic acids is 2. The summed E-state index contributed by atoms with van der Waals surface area (Å²) in [5.41, 5.74) is -0.219. The highest BCUT2D eigenvalue weighted by molar-refractivity contribution is 6.07. The summed E-state index contributed by atoms with van der Waals surface area (Å²) >= 11 is 0. The van der Waals surface area contributed by atoms with E-state index in [-0.39, 0.29) is 18.9 Å². The largest absolute Gasteiger partial charge is 0.325 e. The molecule has 1 atom stereocenters. The van der Waals surface area contributed by atoms with E-state index in [0.29, 0.717) is 6.42 Å². The van der Waals surface area contributed by atoms with Crippen LogP contribution in [0.15, 0.2) is 30.3 Å². The number of hydrogen-bond donors (Lipinski definition) is 1. The molecule has 2 rings (SSSR count). The van der Waals surface area contributed by atoms with Gasteiger partial charge < -0.3 is 5.32 Å². The number of benzene rings is 1. The van der Waals surface area contributed by atoms with Gasteiger partial charge in [0.2, 0.25) is 0 Å². The zero-order chi connectivity index (χ0) is 13.9. The predicted octanol–water partition coefficient (Wildman–Crippen LogP) is 1.76. The molecule has 0 radical (unpaired) electrons. The molecular formula is C14H15N3O2. The third kappa shape index (κ3) is 2.06. The molecule has 1 fully saturated rings. The number of nitrogens with zero attached hydrogens (tertiary/aromatic N) is 2. The van der Waals surface area contributed by atoms with Crippen molar-refractivity contribution < 1.29 is 9.59 Å². The lowest BCUT2D eigenvalue weighted by atomic mass is 9.87. The van der Waals surface area contributed by atoms with E-state index in [4.69, 9.17) is 5.26 Å². The third-order valence-electron chi connectivity index (χ3n) is 3.42. The van der Waals surface area contributed by atoms with E-state index in [1.54, 1.807) is 0 Å². The summed E-state index contributed by atoms with van der Waals surface area (Å²) in [5.74, 6) is -0.276. The van der Waals surface area contributed by atoms with Gasteiger partial charge in [0.05, 0.1) is 12.5 Å². The summed E-state index contributed by atoms with van der Waals surface area (Å²) in [5, 5.41) is 11.4. The zero-order valence-corrected chi connectivity index (χ0v) is 10.7. The summed E-state index contributed by atoms with van der Waals surface area (Å²) in [7, 11) is 0. The molecule has 98 valence electrons. The minimum absolute atomic E-state index is 0.135. The molecule has 3 amide bonds. The maximum absolute atomic E-state index is 12.5. The summed E-state index contributed by atoms with van der Waals surface area (Å²) in [6.45, 7) is 1.99. The van der Waals surface area contributed by atoms with E-state index in [1.807, 2.05) is 43.3 Å². The van der Waals surface area contributed by atoms with Gasteiger partial charge in [0.1, 0.15) is 5.54 Å². The van der Waals surface area contributed by atoms with Crippen molar-refractivity contribution in [3.63, 3.8) is 0 Å². The van der Waals surface area contributed by atoms with Crippen LogP contribution in [-0.4, -0.2) is 23.4 Å². The van der Waals surface area contributed by atoms with Crippen molar-refractivity contribution in [2.45, 2.75) is 25.3 Å². The van der Waals surface area contributed by atoms with Crippen LogP contribution in [0.5, 0.6) is 0 Å². The van der Waals surface area contributed by atoms with E-state index >= 15 is 0 Å². The van der Waals surface area contributed by atoms with Gasteiger partial charge in [0.25, 0.3) is 5.91 Å². The Morgan fingerprint density at radius 3 is 2.58 bits per heavy atom. The molecule has 1 aliphatic heterocycles. The number of nitrogens with one attached hydrogen (secondary N) is 1. The number of imide groups is 1. The fraction of sp³-hybridized carbons (Fsp3) is 0.357. The molecule has 1 aromatic rings. The third-order valence-corrected chi connectivity index (χ3v) is 3.42. The maximum Gasteiger partial charge on any atom is 0.325 e. The Kier molecular flexibility index (Phi) is 3.52. The highest BCUT2D eigenvalue weighted by Crippen LogP contribution is 2.32. The molecule has 0 aromatic heterocycles. The zero-order valence-electron chi connectivity index (χ0n) is 10.7. The molecule has 0 aliphatic carbocycles. The minimum Gasteiger partial charge on any atom is -0.319 e. The standard InChI is InChI=1S/C14H15N3O2/c1-2-14(11-7-4-3-5-8-11)12(18)17(10-6-9-15)13(19)16-14/h3-5,7-8H,2,6,10H2,1H3,(H,16,19)/t14-/m0/s1. The average molecular weight is 257 g/mol. The first kappa shape index (κ1) is 13.1. The normalized spacial score (nSPS) is 22.2. The summed E-state index contributed by atoms with van der Waals surface area (Å²) in [6.07, 6.45) is 0.623. The highest BCUT2D eigenvalue weighted by Gasteiger charge is 2.50. The van der Waals surface area contributed by atoms with Crippen LogP contribution in [-0.2, 0) is 10.3 Å². The fourth-order valence-electron chi connectivity index (χ4n) is 2.35. The molecule has 0 saturated carbocycles. The smallest absolute Gasteiger partial charge is 0.319 e. The van der Waals surface area contributed by atoms with Crippen LogP contribution >= 0.6 is 0 Å². The van der Waals surface area contributed by atoms with Crippen LogP contribution < -0.4 is 5.32 Å². The molecule has 1 N–H and O–H groups in total. The van der Waals surface area contributed by atoms with Gasteiger partial charge in [-0.3, -0.25) is 9.69 Å². The second kappa shape index (κ2) is 5.11. The molecule has 0 unspecified atom stereocenters. The van der Waals surface area contributed by atoms with Gasteiger partial charge in [-0.15, -0.1) is 0 Å². The van der Waals surface area contributed by atoms with Gasteiger partial charge >= 0.3 is 6.03 Å². The van der Waals surface area contributed by atoms with Crippen molar-refractivity contribution in [1.29, 1.82) is 5.26 Å². The summed E-state index contributed by atoms with van der Waals surface area (Å²) in [4.78, 5) is 25.6. The van der Waals surface area contributed by atoms with Crippen LogP contribution in [0.25, 0.3) is 0 Å².